The van der Waals surface area contributed by atoms with Crippen molar-refractivity contribution >= 4 is 41.0 Å². The molecule has 0 unspecified atom stereocenters. The van der Waals surface area contributed by atoms with Gasteiger partial charge >= 0.3 is 6.18 Å². The van der Waals surface area contributed by atoms with E-state index in [4.69, 9.17) is 28.2 Å². The molecule has 0 spiro atoms. The molecule has 240 valence electrons. The maximum absolute atomic E-state index is 14.1. The standard InChI is InChI=1S/C33H30Cl2F3N5O3/c1-18(14-20-4-9-23(10-5-20)33(36,37)38)40-32-41-28-17-42(30(45)22-8-13-26(34)27(35)16-22)19(2)15-25(28)31(46)43(32)24-11-6-21(7-12-24)29(44)39-3/h4-13,16,18-19H,14-15,17H2,1-3H3,(H,39,44)(H,40,41)/t18-,19-/m1/s1. The van der Waals surface area contributed by atoms with Crippen molar-refractivity contribution < 1.29 is 22.8 Å². The van der Waals surface area contributed by atoms with Crippen molar-refractivity contribution in [1.82, 2.24) is 19.8 Å². The van der Waals surface area contributed by atoms with Crippen LogP contribution in [0.1, 0.15) is 56.9 Å². The van der Waals surface area contributed by atoms with Crippen LogP contribution in [0.25, 0.3) is 5.69 Å². The number of carbonyl (C=O) groups is 2. The molecule has 0 saturated heterocycles. The molecule has 1 aliphatic heterocycles. The highest BCUT2D eigenvalue weighted by molar-refractivity contribution is 6.42. The molecule has 5 rings (SSSR count). The van der Waals surface area contributed by atoms with Crippen LogP contribution in [0.2, 0.25) is 10.0 Å². The largest absolute Gasteiger partial charge is 0.416 e. The van der Waals surface area contributed by atoms with Crippen molar-refractivity contribution in [3.63, 3.8) is 0 Å². The monoisotopic (exact) mass is 671 g/mol. The summed E-state index contributed by atoms with van der Waals surface area (Å²) in [4.78, 5) is 46.2. The molecular weight excluding hydrogens is 642 g/mol. The maximum atomic E-state index is 14.1. The number of alkyl halides is 3. The first-order valence-electron chi connectivity index (χ1n) is 14.4. The number of benzene rings is 3. The van der Waals surface area contributed by atoms with Gasteiger partial charge in [0.15, 0.2) is 0 Å². The molecule has 8 nitrogen and oxygen atoms in total. The summed E-state index contributed by atoms with van der Waals surface area (Å²) in [5, 5.41) is 6.38. The van der Waals surface area contributed by atoms with Crippen molar-refractivity contribution in [2.45, 2.75) is 51.5 Å². The fourth-order valence-electron chi connectivity index (χ4n) is 5.42. The number of rotatable bonds is 7. The van der Waals surface area contributed by atoms with E-state index in [2.05, 4.69) is 10.6 Å². The number of carbonyl (C=O) groups excluding carboxylic acids is 2. The molecule has 0 aliphatic carbocycles. The van der Waals surface area contributed by atoms with Crippen LogP contribution < -0.4 is 16.2 Å². The van der Waals surface area contributed by atoms with Gasteiger partial charge in [0, 0.05) is 35.8 Å². The number of hydrogen-bond donors (Lipinski definition) is 2. The summed E-state index contributed by atoms with van der Waals surface area (Å²) < 4.78 is 40.6. The van der Waals surface area contributed by atoms with Gasteiger partial charge in [-0.25, -0.2) is 9.55 Å². The summed E-state index contributed by atoms with van der Waals surface area (Å²) >= 11 is 12.2. The van der Waals surface area contributed by atoms with Crippen LogP contribution in [0.15, 0.2) is 71.5 Å². The Balaban J connectivity index is 1.51. The SMILES string of the molecule is CNC(=O)c1ccc(-n2c(N[C@H](C)Cc3ccc(C(F)(F)F)cc3)nc3c(c2=O)C[C@@H](C)N(C(=O)c2ccc(Cl)c(Cl)c2)C3)cc1. The highest BCUT2D eigenvalue weighted by atomic mass is 35.5. The Morgan fingerprint density at radius 2 is 1.65 bits per heavy atom. The summed E-state index contributed by atoms with van der Waals surface area (Å²) in [6.45, 7) is 3.73. The molecule has 46 heavy (non-hydrogen) atoms. The van der Waals surface area contributed by atoms with Gasteiger partial charge in [-0.2, -0.15) is 13.2 Å². The topological polar surface area (TPSA) is 96.3 Å². The highest BCUT2D eigenvalue weighted by Gasteiger charge is 2.33. The van der Waals surface area contributed by atoms with E-state index in [-0.39, 0.29) is 53.4 Å². The van der Waals surface area contributed by atoms with Gasteiger partial charge in [0.2, 0.25) is 5.95 Å². The summed E-state index contributed by atoms with van der Waals surface area (Å²) in [6, 6.07) is 15.3. The molecule has 2 atom stereocenters. The van der Waals surface area contributed by atoms with Crippen LogP contribution in [0.5, 0.6) is 0 Å². The Bertz CT molecular complexity index is 1840. The molecule has 4 aromatic rings. The quantitative estimate of drug-likeness (QED) is 0.232. The second-order valence-corrected chi connectivity index (χ2v) is 12.0. The number of hydrogen-bond acceptors (Lipinski definition) is 5. The predicted molar refractivity (Wildman–Crippen MR) is 171 cm³/mol. The van der Waals surface area contributed by atoms with E-state index < -0.39 is 11.7 Å². The van der Waals surface area contributed by atoms with E-state index in [0.29, 0.717) is 45.1 Å². The second-order valence-electron chi connectivity index (χ2n) is 11.2. The Kier molecular flexibility index (Phi) is 9.46. The summed E-state index contributed by atoms with van der Waals surface area (Å²) in [5.74, 6) is -0.392. The number of amides is 2. The lowest BCUT2D eigenvalue weighted by Gasteiger charge is -2.35. The average Bonchev–Trinajstić information content (AvgIpc) is 3.02. The molecule has 2 N–H and O–H groups in total. The zero-order chi connectivity index (χ0) is 33.3. The van der Waals surface area contributed by atoms with Crippen molar-refractivity contribution in [3.05, 3.63) is 121 Å². The third-order valence-electron chi connectivity index (χ3n) is 7.85. The molecule has 2 amide bonds. The fraction of sp³-hybridized carbons (Fsp3) is 0.273. The lowest BCUT2D eigenvalue weighted by atomic mass is 9.98. The van der Waals surface area contributed by atoms with Crippen LogP contribution in [0, 0.1) is 0 Å². The van der Waals surface area contributed by atoms with Gasteiger partial charge in [-0.05, 0) is 86.8 Å². The first-order chi connectivity index (χ1) is 21.8. The van der Waals surface area contributed by atoms with Gasteiger partial charge in [0.25, 0.3) is 17.4 Å². The lowest BCUT2D eigenvalue weighted by Crippen LogP contribution is -2.46. The summed E-state index contributed by atoms with van der Waals surface area (Å²) in [5.41, 5.74) is 1.65. The third-order valence-corrected chi connectivity index (χ3v) is 8.59. The molecule has 0 radical (unpaired) electrons. The van der Waals surface area contributed by atoms with Crippen LogP contribution in [0.3, 0.4) is 0 Å². The average molecular weight is 673 g/mol. The maximum Gasteiger partial charge on any atom is 0.416 e. The minimum Gasteiger partial charge on any atom is -0.355 e. The molecule has 0 bridgehead atoms. The van der Waals surface area contributed by atoms with Crippen LogP contribution in [0.4, 0.5) is 19.1 Å². The van der Waals surface area contributed by atoms with Gasteiger partial charge in [0.05, 0.1) is 33.5 Å². The van der Waals surface area contributed by atoms with Crippen LogP contribution in [-0.4, -0.2) is 45.4 Å². The summed E-state index contributed by atoms with van der Waals surface area (Å²) in [6.07, 6.45) is -3.86. The minimum atomic E-state index is -4.44. The van der Waals surface area contributed by atoms with Gasteiger partial charge < -0.3 is 15.5 Å². The van der Waals surface area contributed by atoms with E-state index in [0.717, 1.165) is 12.1 Å². The molecule has 13 heteroatoms. The third kappa shape index (κ3) is 6.90. The number of aromatic nitrogens is 2. The molecule has 0 fully saturated rings. The first-order valence-corrected chi connectivity index (χ1v) is 15.2. The number of nitrogens with one attached hydrogen (secondary N) is 2. The molecule has 1 aliphatic rings. The van der Waals surface area contributed by atoms with E-state index in [1.165, 1.54) is 29.8 Å². The number of halogens is 5. The summed E-state index contributed by atoms with van der Waals surface area (Å²) in [7, 11) is 1.52. The van der Waals surface area contributed by atoms with Crippen molar-refractivity contribution in [2.24, 2.45) is 0 Å². The molecular formula is C33H30Cl2F3N5O3. The van der Waals surface area contributed by atoms with Gasteiger partial charge in [-0.15, -0.1) is 0 Å². The Morgan fingerprint density at radius 1 is 1.00 bits per heavy atom. The van der Waals surface area contributed by atoms with Crippen molar-refractivity contribution in [3.8, 4) is 5.69 Å². The fourth-order valence-corrected chi connectivity index (χ4v) is 5.72. The number of fused-ring (bicyclic) bond motifs is 1. The zero-order valence-electron chi connectivity index (χ0n) is 25.1. The number of nitrogens with zero attached hydrogens (tertiary/aromatic N) is 3. The second kappa shape index (κ2) is 13.2. The minimum absolute atomic E-state index is 0.0588. The Hall–Kier alpha value is -4.35. The van der Waals surface area contributed by atoms with Gasteiger partial charge in [-0.1, -0.05) is 35.3 Å². The van der Waals surface area contributed by atoms with Crippen molar-refractivity contribution in [1.29, 1.82) is 0 Å². The molecule has 3 aromatic carbocycles. The van der Waals surface area contributed by atoms with Crippen LogP contribution >= 0.6 is 23.2 Å². The Morgan fingerprint density at radius 3 is 2.26 bits per heavy atom. The number of anilines is 1. The molecule has 1 aromatic heterocycles. The van der Waals surface area contributed by atoms with E-state index in [1.807, 2.05) is 13.8 Å². The zero-order valence-corrected chi connectivity index (χ0v) is 26.6. The smallest absolute Gasteiger partial charge is 0.355 e. The van der Waals surface area contributed by atoms with Gasteiger partial charge in [-0.3, -0.25) is 14.4 Å². The van der Waals surface area contributed by atoms with Crippen molar-refractivity contribution in [2.75, 3.05) is 12.4 Å². The Labute approximate surface area is 273 Å². The van der Waals surface area contributed by atoms with E-state index in [9.17, 15) is 27.6 Å². The van der Waals surface area contributed by atoms with E-state index >= 15 is 0 Å². The normalized spacial score (nSPS) is 15.2. The lowest BCUT2D eigenvalue weighted by molar-refractivity contribution is -0.137. The van der Waals surface area contributed by atoms with Crippen LogP contribution in [-0.2, 0) is 25.6 Å². The molecule has 0 saturated carbocycles. The molecule has 2 heterocycles. The van der Waals surface area contributed by atoms with E-state index in [1.54, 1.807) is 41.3 Å². The first kappa shape index (κ1) is 33.0. The van der Waals surface area contributed by atoms with Gasteiger partial charge in [0.1, 0.15) is 0 Å². The predicted octanol–water partition coefficient (Wildman–Crippen LogP) is 6.55. The highest BCUT2D eigenvalue weighted by Crippen LogP contribution is 2.30.